The van der Waals surface area contributed by atoms with E-state index in [-0.39, 0.29) is 6.10 Å². The molecule has 0 bridgehead atoms. The molecule has 15 heavy (non-hydrogen) atoms. The smallest absolute Gasteiger partial charge is 0.137 e. The minimum atomic E-state index is -0.304. The van der Waals surface area contributed by atoms with Gasteiger partial charge in [-0.25, -0.2) is 9.97 Å². The Morgan fingerprint density at radius 2 is 2.27 bits per heavy atom. The average Bonchev–Trinajstić information content (AvgIpc) is 2.92. The highest BCUT2D eigenvalue weighted by Crippen LogP contribution is 1.92. The van der Waals surface area contributed by atoms with E-state index < -0.39 is 0 Å². The molecular weight excluding hydrogens is 196 g/mol. The van der Waals surface area contributed by atoms with Gasteiger partial charge in [-0.1, -0.05) is 6.92 Å². The fraction of sp³-hybridized carbons (Fsp3) is 0.500. The van der Waals surface area contributed by atoms with Crippen LogP contribution >= 0.6 is 0 Å². The van der Waals surface area contributed by atoms with Crippen LogP contribution in [-0.4, -0.2) is 41.2 Å². The lowest BCUT2D eigenvalue weighted by molar-refractivity contribution is 0.145. The first-order chi connectivity index (χ1) is 7.33. The van der Waals surface area contributed by atoms with Crippen LogP contribution in [0.4, 0.5) is 0 Å². The zero-order valence-corrected chi connectivity index (χ0v) is 8.48. The number of aromatic amines is 1. The van der Waals surface area contributed by atoms with Gasteiger partial charge < -0.3 is 5.11 Å². The van der Waals surface area contributed by atoms with Crippen LogP contribution in [0.3, 0.4) is 0 Å². The molecule has 0 aromatic carbocycles. The van der Waals surface area contributed by atoms with Crippen LogP contribution in [0, 0.1) is 0 Å². The second-order valence-corrected chi connectivity index (χ2v) is 2.83. The summed E-state index contributed by atoms with van der Waals surface area (Å²) < 4.78 is 1.62. The van der Waals surface area contributed by atoms with E-state index >= 15 is 0 Å². The number of rotatable bonds is 3. The molecule has 2 heterocycles. The van der Waals surface area contributed by atoms with E-state index in [0.717, 1.165) is 6.42 Å². The highest BCUT2D eigenvalue weighted by molar-refractivity contribution is 4.59. The molecule has 0 aliphatic carbocycles. The van der Waals surface area contributed by atoms with E-state index in [4.69, 9.17) is 5.11 Å². The van der Waals surface area contributed by atoms with Gasteiger partial charge in [0.2, 0.25) is 0 Å². The van der Waals surface area contributed by atoms with Crippen LogP contribution in [0.25, 0.3) is 0 Å². The van der Waals surface area contributed by atoms with Gasteiger partial charge in [0.05, 0.1) is 12.6 Å². The molecule has 0 fully saturated rings. The summed E-state index contributed by atoms with van der Waals surface area (Å²) in [5.74, 6) is 0. The third-order valence-corrected chi connectivity index (χ3v) is 1.67. The number of aliphatic hydroxyl groups excluding tert-OH is 1. The lowest BCUT2D eigenvalue weighted by Gasteiger charge is -2.05. The largest absolute Gasteiger partial charge is 0.391 e. The number of nitrogens with one attached hydrogen (secondary N) is 1. The third kappa shape index (κ3) is 4.87. The van der Waals surface area contributed by atoms with Gasteiger partial charge in [-0.2, -0.15) is 10.2 Å². The standard InChI is InChI=1S/C6H11N3O.C2H3N3/c1-2-6(10)3-9-5-7-4-8-9;1-3-2-5-4-1/h4-6,10H,2-3H2,1H3;1-2H,(H,3,4,5). The van der Waals surface area contributed by atoms with Gasteiger partial charge in [-0.15, -0.1) is 0 Å². The minimum absolute atomic E-state index is 0.304. The Balaban J connectivity index is 0.000000187. The minimum Gasteiger partial charge on any atom is -0.391 e. The molecule has 7 nitrogen and oxygen atoms in total. The quantitative estimate of drug-likeness (QED) is 0.735. The van der Waals surface area contributed by atoms with Crippen LogP contribution in [-0.2, 0) is 6.54 Å². The second-order valence-electron chi connectivity index (χ2n) is 2.83. The fourth-order valence-electron chi connectivity index (χ4n) is 0.839. The van der Waals surface area contributed by atoms with Crippen LogP contribution in [0.15, 0.2) is 25.3 Å². The maximum atomic E-state index is 9.14. The fourth-order valence-corrected chi connectivity index (χ4v) is 0.839. The van der Waals surface area contributed by atoms with Crippen molar-refractivity contribution < 1.29 is 5.11 Å². The molecule has 0 spiro atoms. The van der Waals surface area contributed by atoms with Crippen LogP contribution < -0.4 is 0 Å². The first-order valence-corrected chi connectivity index (χ1v) is 4.62. The second kappa shape index (κ2) is 6.66. The molecule has 2 rings (SSSR count). The van der Waals surface area contributed by atoms with E-state index in [1.165, 1.54) is 19.0 Å². The molecule has 0 aliphatic rings. The summed E-state index contributed by atoms with van der Waals surface area (Å²) in [6, 6.07) is 0. The predicted molar refractivity (Wildman–Crippen MR) is 52.7 cm³/mol. The van der Waals surface area contributed by atoms with Crippen molar-refractivity contribution in [3.8, 4) is 0 Å². The maximum Gasteiger partial charge on any atom is 0.137 e. The Morgan fingerprint density at radius 3 is 2.67 bits per heavy atom. The zero-order valence-electron chi connectivity index (χ0n) is 8.48. The van der Waals surface area contributed by atoms with Gasteiger partial charge in [0.1, 0.15) is 25.3 Å². The molecule has 0 saturated carbocycles. The first-order valence-electron chi connectivity index (χ1n) is 4.62. The van der Waals surface area contributed by atoms with Gasteiger partial charge >= 0.3 is 0 Å². The van der Waals surface area contributed by atoms with E-state index in [1.54, 1.807) is 11.0 Å². The van der Waals surface area contributed by atoms with Crippen molar-refractivity contribution in [2.24, 2.45) is 0 Å². The molecule has 1 atom stereocenters. The number of nitrogens with zero attached hydrogens (tertiary/aromatic N) is 5. The Bertz CT molecular complexity index is 302. The first kappa shape index (κ1) is 11.3. The Morgan fingerprint density at radius 1 is 1.40 bits per heavy atom. The monoisotopic (exact) mass is 210 g/mol. The number of aromatic nitrogens is 6. The Kier molecular flexibility index (Phi) is 5.02. The number of hydrogen-bond donors (Lipinski definition) is 2. The molecule has 2 N–H and O–H groups in total. The highest BCUT2D eigenvalue weighted by Gasteiger charge is 2.00. The number of hydrogen-bond acceptors (Lipinski definition) is 5. The lowest BCUT2D eigenvalue weighted by Crippen LogP contribution is -2.14. The molecular formula is C8H14N6O. The van der Waals surface area contributed by atoms with Crippen LogP contribution in [0.2, 0.25) is 0 Å². The summed E-state index contributed by atoms with van der Waals surface area (Å²) in [6.45, 7) is 2.47. The van der Waals surface area contributed by atoms with Crippen molar-refractivity contribution >= 4 is 0 Å². The van der Waals surface area contributed by atoms with E-state index in [2.05, 4.69) is 25.3 Å². The van der Waals surface area contributed by atoms with Gasteiger partial charge in [0, 0.05) is 0 Å². The van der Waals surface area contributed by atoms with Crippen molar-refractivity contribution in [2.45, 2.75) is 26.0 Å². The van der Waals surface area contributed by atoms with Crippen molar-refractivity contribution in [1.29, 1.82) is 0 Å². The van der Waals surface area contributed by atoms with Gasteiger partial charge in [0.25, 0.3) is 0 Å². The molecule has 0 saturated heterocycles. The topological polar surface area (TPSA) is 92.5 Å². The lowest BCUT2D eigenvalue weighted by atomic mass is 10.3. The van der Waals surface area contributed by atoms with Crippen molar-refractivity contribution in [2.75, 3.05) is 0 Å². The summed E-state index contributed by atoms with van der Waals surface area (Å²) >= 11 is 0. The predicted octanol–water partition coefficient (Wildman–Crippen LogP) is -0.146. The van der Waals surface area contributed by atoms with Crippen molar-refractivity contribution in [3.05, 3.63) is 25.3 Å². The van der Waals surface area contributed by atoms with E-state index in [0.29, 0.717) is 6.54 Å². The average molecular weight is 210 g/mol. The van der Waals surface area contributed by atoms with Gasteiger partial charge in [-0.05, 0) is 6.42 Å². The summed E-state index contributed by atoms with van der Waals surface area (Å²) in [5, 5.41) is 19.0. The van der Waals surface area contributed by atoms with Crippen molar-refractivity contribution in [3.63, 3.8) is 0 Å². The summed E-state index contributed by atoms with van der Waals surface area (Å²) in [7, 11) is 0. The molecule has 2 aromatic heterocycles. The SMILES string of the molecule is CCC(O)Cn1cncn1.c1nc[nH]n1. The van der Waals surface area contributed by atoms with Crippen LogP contribution in [0.5, 0.6) is 0 Å². The van der Waals surface area contributed by atoms with E-state index in [1.807, 2.05) is 6.92 Å². The summed E-state index contributed by atoms with van der Waals surface area (Å²) in [4.78, 5) is 7.31. The molecule has 0 aliphatic heterocycles. The molecule has 82 valence electrons. The number of H-pyrrole nitrogens is 1. The molecule has 0 radical (unpaired) electrons. The summed E-state index contributed by atoms with van der Waals surface area (Å²) in [5.41, 5.74) is 0. The number of aliphatic hydroxyl groups is 1. The van der Waals surface area contributed by atoms with Crippen LogP contribution in [0.1, 0.15) is 13.3 Å². The Hall–Kier alpha value is -1.76. The molecule has 7 heteroatoms. The molecule has 0 amide bonds. The molecule has 2 aromatic rings. The highest BCUT2D eigenvalue weighted by atomic mass is 16.3. The maximum absolute atomic E-state index is 9.14. The zero-order chi connectivity index (χ0) is 10.9. The summed E-state index contributed by atoms with van der Waals surface area (Å²) in [6.07, 6.45) is 6.46. The van der Waals surface area contributed by atoms with E-state index in [9.17, 15) is 0 Å². The van der Waals surface area contributed by atoms with Crippen molar-refractivity contribution in [1.82, 2.24) is 29.9 Å². The third-order valence-electron chi connectivity index (χ3n) is 1.67. The van der Waals surface area contributed by atoms with Gasteiger partial charge in [0.15, 0.2) is 0 Å². The van der Waals surface area contributed by atoms with Gasteiger partial charge in [-0.3, -0.25) is 9.78 Å². The Labute approximate surface area is 87.2 Å². The molecule has 1 unspecified atom stereocenters. The normalized spacial score (nSPS) is 11.6.